The van der Waals surface area contributed by atoms with Gasteiger partial charge in [0.2, 0.25) is 5.91 Å². The molecule has 2 saturated carbocycles. The molecule has 6 nitrogen and oxygen atoms in total. The van der Waals surface area contributed by atoms with Crippen molar-refractivity contribution in [2.24, 2.45) is 7.05 Å². The van der Waals surface area contributed by atoms with Gasteiger partial charge in [-0.15, -0.1) is 0 Å². The van der Waals surface area contributed by atoms with Gasteiger partial charge < -0.3 is 14.4 Å². The van der Waals surface area contributed by atoms with E-state index in [2.05, 4.69) is 24.3 Å². The van der Waals surface area contributed by atoms with Crippen LogP contribution in [0, 0.1) is 0 Å². The summed E-state index contributed by atoms with van der Waals surface area (Å²) in [6.45, 7) is 1.35. The molecule has 0 atom stereocenters. The van der Waals surface area contributed by atoms with Gasteiger partial charge in [0.05, 0.1) is 11.0 Å². The van der Waals surface area contributed by atoms with Crippen LogP contribution >= 0.6 is 0 Å². The fourth-order valence-corrected chi connectivity index (χ4v) is 5.77. The molecule has 2 heterocycles. The third kappa shape index (κ3) is 3.79. The van der Waals surface area contributed by atoms with Crippen molar-refractivity contribution in [2.45, 2.75) is 56.9 Å². The number of aromatic nitrogens is 2. The number of aryl methyl sites for hydroxylation is 1. The van der Waals surface area contributed by atoms with Crippen LogP contribution < -0.4 is 0 Å². The summed E-state index contributed by atoms with van der Waals surface area (Å²) in [4.78, 5) is 35.1. The Morgan fingerprint density at radius 2 is 1.74 bits per heavy atom. The van der Waals surface area contributed by atoms with Gasteiger partial charge in [-0.3, -0.25) is 9.59 Å². The molecule has 6 rings (SSSR count). The zero-order valence-corrected chi connectivity index (χ0v) is 19.9. The highest BCUT2D eigenvalue weighted by Crippen LogP contribution is 2.43. The summed E-state index contributed by atoms with van der Waals surface area (Å²) >= 11 is 0. The molecule has 0 radical (unpaired) electrons. The van der Waals surface area contributed by atoms with Gasteiger partial charge in [0.25, 0.3) is 5.91 Å². The normalized spacial score (nSPS) is 19.7. The molecule has 0 unspecified atom stereocenters. The zero-order chi connectivity index (χ0) is 23.2. The number of carbonyl (C=O) groups excluding carboxylic acids is 2. The predicted molar refractivity (Wildman–Crippen MR) is 133 cm³/mol. The van der Waals surface area contributed by atoms with Gasteiger partial charge >= 0.3 is 0 Å². The summed E-state index contributed by atoms with van der Waals surface area (Å²) in [6.07, 6.45) is 8.29. The number of piperazine rings is 1. The molecule has 2 amide bonds. The van der Waals surface area contributed by atoms with Crippen molar-refractivity contribution < 1.29 is 9.59 Å². The number of amides is 2. The van der Waals surface area contributed by atoms with Crippen LogP contribution in [0.15, 0.2) is 42.5 Å². The molecule has 3 aliphatic rings. The first-order valence-electron chi connectivity index (χ1n) is 12.7. The van der Waals surface area contributed by atoms with Crippen molar-refractivity contribution >= 4 is 22.8 Å². The Hall–Kier alpha value is -3.15. The molecule has 3 aromatic rings. The second-order valence-electron chi connectivity index (χ2n) is 10.2. The lowest BCUT2D eigenvalue weighted by atomic mass is 9.93. The number of hydrogen-bond donors (Lipinski definition) is 0. The lowest BCUT2D eigenvalue weighted by molar-refractivity contribution is -0.138. The second kappa shape index (κ2) is 8.57. The van der Waals surface area contributed by atoms with Gasteiger partial charge in [-0.25, -0.2) is 4.98 Å². The first-order chi connectivity index (χ1) is 16.6. The minimum absolute atomic E-state index is 0.0752. The number of rotatable bonds is 4. The Bertz CT molecular complexity index is 1240. The number of hydrogen-bond acceptors (Lipinski definition) is 3. The van der Waals surface area contributed by atoms with E-state index >= 15 is 0 Å². The molecule has 0 spiro atoms. The summed E-state index contributed by atoms with van der Waals surface area (Å²) in [5.74, 6) is 0.944. The molecule has 2 aromatic carbocycles. The Morgan fingerprint density at radius 3 is 2.44 bits per heavy atom. The third-order valence-electron chi connectivity index (χ3n) is 7.89. The Balaban J connectivity index is 1.31. The number of benzene rings is 2. The van der Waals surface area contributed by atoms with E-state index in [9.17, 15) is 9.59 Å². The van der Waals surface area contributed by atoms with Gasteiger partial charge in [-0.2, -0.15) is 0 Å². The van der Waals surface area contributed by atoms with Gasteiger partial charge in [0.15, 0.2) is 5.82 Å². The van der Waals surface area contributed by atoms with E-state index in [4.69, 9.17) is 4.98 Å². The quantitative estimate of drug-likeness (QED) is 0.570. The Kier molecular flexibility index (Phi) is 5.39. The van der Waals surface area contributed by atoms with Gasteiger partial charge in [0, 0.05) is 31.7 Å². The van der Waals surface area contributed by atoms with Gasteiger partial charge in [-0.1, -0.05) is 49.6 Å². The Labute approximate surface area is 200 Å². The maximum atomic E-state index is 13.6. The highest BCUT2D eigenvalue weighted by atomic mass is 16.2. The Morgan fingerprint density at radius 1 is 0.971 bits per heavy atom. The standard InChI is InChI=1S/C28H32N4O2/c1-30-24-17-21(19-12-13-19)16-23(20-8-4-2-5-9-20)26(24)29-27(30)28(34)31-14-15-32(25(33)18-31)22-10-6-3-7-11-22/h2,4-5,8-9,16-17,19,22H,3,6-7,10-15,18H2,1H3. The smallest absolute Gasteiger partial charge is 0.290 e. The first kappa shape index (κ1) is 21.4. The van der Waals surface area contributed by atoms with E-state index in [1.807, 2.05) is 34.7 Å². The van der Waals surface area contributed by atoms with E-state index in [0.29, 0.717) is 30.9 Å². The maximum Gasteiger partial charge on any atom is 0.290 e. The molecule has 2 aliphatic carbocycles. The summed E-state index contributed by atoms with van der Waals surface area (Å²) in [6, 6.07) is 15.1. The molecule has 3 fully saturated rings. The fourth-order valence-electron chi connectivity index (χ4n) is 5.77. The van der Waals surface area contributed by atoms with Crippen molar-refractivity contribution in [3.05, 3.63) is 53.9 Å². The number of nitrogens with zero attached hydrogens (tertiary/aromatic N) is 4. The maximum absolute atomic E-state index is 13.6. The molecule has 0 bridgehead atoms. The SMILES string of the molecule is Cn1c(C(=O)N2CCN(C3CCCCC3)C(=O)C2)nc2c(-c3ccccc3)cc(C3CC3)cc21. The zero-order valence-electron chi connectivity index (χ0n) is 19.9. The highest BCUT2D eigenvalue weighted by molar-refractivity contribution is 6.01. The van der Waals surface area contributed by atoms with Crippen LogP contribution in [0.25, 0.3) is 22.2 Å². The number of imidazole rings is 1. The summed E-state index contributed by atoms with van der Waals surface area (Å²) in [7, 11) is 1.92. The van der Waals surface area contributed by atoms with Crippen LogP contribution in [0.1, 0.15) is 67.0 Å². The van der Waals surface area contributed by atoms with Crippen LogP contribution in [0.3, 0.4) is 0 Å². The lowest BCUT2D eigenvalue weighted by Gasteiger charge is -2.40. The largest absolute Gasteiger partial charge is 0.336 e. The summed E-state index contributed by atoms with van der Waals surface area (Å²) in [5, 5.41) is 0. The summed E-state index contributed by atoms with van der Waals surface area (Å²) < 4.78 is 1.92. The van der Waals surface area contributed by atoms with Crippen LogP contribution in [0.4, 0.5) is 0 Å². The highest BCUT2D eigenvalue weighted by Gasteiger charge is 2.34. The average Bonchev–Trinajstić information content (AvgIpc) is 3.68. The molecule has 1 aliphatic heterocycles. The van der Waals surface area contributed by atoms with Crippen molar-refractivity contribution in [1.82, 2.24) is 19.4 Å². The monoisotopic (exact) mass is 456 g/mol. The molecular formula is C28H32N4O2. The van der Waals surface area contributed by atoms with E-state index in [1.165, 1.54) is 37.7 Å². The number of carbonyl (C=O) groups is 2. The van der Waals surface area contributed by atoms with Crippen LogP contribution in [0.5, 0.6) is 0 Å². The van der Waals surface area contributed by atoms with Crippen molar-refractivity contribution in [3.63, 3.8) is 0 Å². The van der Waals surface area contributed by atoms with E-state index in [1.54, 1.807) is 4.90 Å². The molecule has 1 aromatic heterocycles. The molecule has 6 heteroatoms. The summed E-state index contributed by atoms with van der Waals surface area (Å²) in [5.41, 5.74) is 5.35. The first-order valence-corrected chi connectivity index (χ1v) is 12.7. The average molecular weight is 457 g/mol. The van der Waals surface area contributed by atoms with Gasteiger partial charge in [0.1, 0.15) is 6.54 Å². The third-order valence-corrected chi connectivity index (χ3v) is 7.89. The molecule has 0 N–H and O–H groups in total. The van der Waals surface area contributed by atoms with Crippen LogP contribution in [-0.2, 0) is 11.8 Å². The molecular weight excluding hydrogens is 424 g/mol. The molecule has 176 valence electrons. The van der Waals surface area contributed by atoms with Crippen LogP contribution in [0.2, 0.25) is 0 Å². The predicted octanol–water partition coefficient (Wildman–Crippen LogP) is 4.73. The minimum atomic E-state index is -0.151. The second-order valence-corrected chi connectivity index (χ2v) is 10.2. The van der Waals surface area contributed by atoms with Crippen molar-refractivity contribution in [3.8, 4) is 11.1 Å². The topological polar surface area (TPSA) is 58.4 Å². The molecule has 34 heavy (non-hydrogen) atoms. The number of fused-ring (bicyclic) bond motifs is 1. The van der Waals surface area contributed by atoms with E-state index in [0.717, 1.165) is 35.0 Å². The van der Waals surface area contributed by atoms with E-state index < -0.39 is 0 Å². The minimum Gasteiger partial charge on any atom is -0.336 e. The van der Waals surface area contributed by atoms with Crippen molar-refractivity contribution in [1.29, 1.82) is 0 Å². The van der Waals surface area contributed by atoms with Gasteiger partial charge in [-0.05, 0) is 54.9 Å². The van der Waals surface area contributed by atoms with Crippen LogP contribution in [-0.4, -0.2) is 56.8 Å². The van der Waals surface area contributed by atoms with Crippen molar-refractivity contribution in [2.75, 3.05) is 19.6 Å². The fraction of sp³-hybridized carbons (Fsp3) is 0.464. The lowest BCUT2D eigenvalue weighted by Crippen LogP contribution is -2.56. The molecule has 1 saturated heterocycles. The van der Waals surface area contributed by atoms with E-state index in [-0.39, 0.29) is 18.4 Å².